The number of nitrogens with one attached hydrogen (secondary N) is 1. The van der Waals surface area contributed by atoms with Gasteiger partial charge in [-0.2, -0.15) is 9.98 Å². The van der Waals surface area contributed by atoms with Gasteiger partial charge >= 0.3 is 0 Å². The summed E-state index contributed by atoms with van der Waals surface area (Å²) in [6.07, 6.45) is 0.418. The number of benzene rings is 2. The molecule has 0 aliphatic carbocycles. The quantitative estimate of drug-likeness (QED) is 0.699. The number of thiophene rings is 1. The Labute approximate surface area is 167 Å². The van der Waals surface area contributed by atoms with Crippen molar-refractivity contribution in [2.24, 2.45) is 0 Å². The topological polar surface area (TPSA) is 90.3 Å². The van der Waals surface area contributed by atoms with Crippen molar-refractivity contribution in [2.75, 3.05) is 6.54 Å². The van der Waals surface area contributed by atoms with Crippen LogP contribution in [0.1, 0.15) is 16.9 Å². The molecular formula is C20H17N3O3S2. The third-order valence-corrected chi connectivity index (χ3v) is 7.12. The van der Waals surface area contributed by atoms with E-state index in [9.17, 15) is 13.2 Å². The van der Waals surface area contributed by atoms with Gasteiger partial charge in [0.1, 0.15) is 17.0 Å². The van der Waals surface area contributed by atoms with Gasteiger partial charge < -0.3 is 4.90 Å². The van der Waals surface area contributed by atoms with Gasteiger partial charge in [-0.1, -0.05) is 30.3 Å². The molecule has 1 aromatic heterocycles. The molecule has 1 fully saturated rings. The Morgan fingerprint density at radius 2 is 1.96 bits per heavy atom. The lowest BCUT2D eigenvalue weighted by Gasteiger charge is -2.16. The van der Waals surface area contributed by atoms with Crippen LogP contribution in [0, 0.1) is 11.3 Å². The van der Waals surface area contributed by atoms with Gasteiger partial charge in [-0.15, -0.1) is 11.3 Å². The second kappa shape index (κ2) is 7.36. The second-order valence-corrected chi connectivity index (χ2v) is 9.29. The van der Waals surface area contributed by atoms with Crippen molar-refractivity contribution in [3.8, 4) is 6.07 Å². The lowest BCUT2D eigenvalue weighted by molar-refractivity contribution is -0.129. The number of nitrogens with zero attached hydrogens (tertiary/aromatic N) is 2. The number of carbonyl (C=O) groups is 1. The molecule has 142 valence electrons. The van der Waals surface area contributed by atoms with E-state index in [1.165, 1.54) is 11.3 Å². The first-order valence-corrected chi connectivity index (χ1v) is 11.1. The first-order valence-electron chi connectivity index (χ1n) is 8.74. The van der Waals surface area contributed by atoms with Crippen molar-refractivity contribution in [3.63, 3.8) is 0 Å². The summed E-state index contributed by atoms with van der Waals surface area (Å²) >= 11 is 1.33. The monoisotopic (exact) mass is 411 g/mol. The van der Waals surface area contributed by atoms with Crippen LogP contribution in [0.2, 0.25) is 0 Å². The minimum atomic E-state index is -3.80. The van der Waals surface area contributed by atoms with Crippen LogP contribution in [-0.4, -0.2) is 31.8 Å². The zero-order valence-electron chi connectivity index (χ0n) is 14.8. The molecule has 8 heteroatoms. The molecule has 0 spiro atoms. The van der Waals surface area contributed by atoms with E-state index in [-0.39, 0.29) is 10.8 Å². The maximum absolute atomic E-state index is 12.8. The number of likely N-dealkylation sites (tertiary alicyclic amines) is 1. The molecule has 0 unspecified atom stereocenters. The summed E-state index contributed by atoms with van der Waals surface area (Å²) in [5.41, 5.74) is 0.882. The molecule has 0 radical (unpaired) electrons. The maximum atomic E-state index is 12.8. The van der Waals surface area contributed by atoms with Crippen LogP contribution in [0.15, 0.2) is 58.8 Å². The maximum Gasteiger partial charge on any atom is 0.241 e. The van der Waals surface area contributed by atoms with Gasteiger partial charge in [-0.25, -0.2) is 8.42 Å². The lowest BCUT2D eigenvalue weighted by Crippen LogP contribution is -2.41. The Hall–Kier alpha value is -2.73. The van der Waals surface area contributed by atoms with Crippen LogP contribution >= 0.6 is 11.3 Å². The fraction of sp³-hybridized carbons (Fsp3) is 0.200. The molecule has 28 heavy (non-hydrogen) atoms. The molecule has 1 N–H and O–H groups in total. The minimum Gasteiger partial charge on any atom is -0.337 e. The summed E-state index contributed by atoms with van der Waals surface area (Å²) in [4.78, 5) is 15.0. The first-order chi connectivity index (χ1) is 13.5. The van der Waals surface area contributed by atoms with Crippen molar-refractivity contribution >= 4 is 38.0 Å². The predicted molar refractivity (Wildman–Crippen MR) is 107 cm³/mol. The van der Waals surface area contributed by atoms with E-state index in [0.29, 0.717) is 24.4 Å². The summed E-state index contributed by atoms with van der Waals surface area (Å²) in [6, 6.07) is 15.5. The van der Waals surface area contributed by atoms with Crippen molar-refractivity contribution < 1.29 is 13.2 Å². The summed E-state index contributed by atoms with van der Waals surface area (Å²) in [6.45, 7) is 0.854. The van der Waals surface area contributed by atoms with Gasteiger partial charge in [0.2, 0.25) is 15.9 Å². The highest BCUT2D eigenvalue weighted by atomic mass is 32.2. The molecule has 1 saturated heterocycles. The Balaban J connectivity index is 1.48. The van der Waals surface area contributed by atoms with Gasteiger partial charge in [0.05, 0.1) is 4.90 Å². The Bertz CT molecular complexity index is 1190. The number of hydrogen-bond donors (Lipinski definition) is 1. The highest BCUT2D eigenvalue weighted by Crippen LogP contribution is 2.22. The van der Waals surface area contributed by atoms with Crippen molar-refractivity contribution in [1.82, 2.24) is 9.62 Å². The SMILES string of the molecule is N#Cc1cc(CN2CC[C@H](NS(=O)(=O)c3ccc4ccccc4c3)C2=O)cs1. The van der Waals surface area contributed by atoms with Crippen LogP contribution in [0.5, 0.6) is 0 Å². The van der Waals surface area contributed by atoms with E-state index in [0.717, 1.165) is 16.3 Å². The van der Waals surface area contributed by atoms with E-state index >= 15 is 0 Å². The third-order valence-electron chi connectivity index (χ3n) is 4.76. The van der Waals surface area contributed by atoms with Crippen LogP contribution in [0.4, 0.5) is 0 Å². The average molecular weight is 412 g/mol. The molecule has 3 aromatic rings. The molecule has 1 aliphatic heterocycles. The summed E-state index contributed by atoms with van der Waals surface area (Å²) in [7, 11) is -3.80. The van der Waals surface area contributed by atoms with Crippen LogP contribution in [0.25, 0.3) is 10.8 Å². The van der Waals surface area contributed by atoms with E-state index in [2.05, 4.69) is 10.8 Å². The van der Waals surface area contributed by atoms with E-state index in [1.807, 2.05) is 29.6 Å². The van der Waals surface area contributed by atoms with E-state index in [1.54, 1.807) is 29.2 Å². The summed E-state index contributed by atoms with van der Waals surface area (Å²) in [5, 5.41) is 12.5. The smallest absolute Gasteiger partial charge is 0.241 e. The van der Waals surface area contributed by atoms with Gasteiger partial charge in [0, 0.05) is 13.1 Å². The Morgan fingerprint density at radius 3 is 2.71 bits per heavy atom. The molecule has 4 rings (SSSR count). The zero-order valence-corrected chi connectivity index (χ0v) is 16.5. The number of amides is 1. The summed E-state index contributed by atoms with van der Waals surface area (Å²) < 4.78 is 28.1. The van der Waals surface area contributed by atoms with Crippen LogP contribution < -0.4 is 4.72 Å². The number of nitriles is 1. The Morgan fingerprint density at radius 1 is 1.18 bits per heavy atom. The molecular weight excluding hydrogens is 394 g/mol. The second-order valence-electron chi connectivity index (χ2n) is 6.66. The van der Waals surface area contributed by atoms with Crippen LogP contribution in [-0.2, 0) is 21.4 Å². The highest BCUT2D eigenvalue weighted by Gasteiger charge is 2.35. The Kier molecular flexibility index (Phi) is 4.89. The predicted octanol–water partition coefficient (Wildman–Crippen LogP) is 2.85. The van der Waals surface area contributed by atoms with Crippen molar-refractivity contribution in [1.29, 1.82) is 5.26 Å². The average Bonchev–Trinajstić information content (AvgIpc) is 3.29. The van der Waals surface area contributed by atoms with Crippen molar-refractivity contribution in [3.05, 3.63) is 64.4 Å². The largest absolute Gasteiger partial charge is 0.337 e. The number of sulfonamides is 1. The molecule has 2 heterocycles. The lowest BCUT2D eigenvalue weighted by atomic mass is 10.1. The van der Waals surface area contributed by atoms with Crippen molar-refractivity contribution in [2.45, 2.75) is 23.9 Å². The van der Waals surface area contributed by atoms with Crippen LogP contribution in [0.3, 0.4) is 0 Å². The molecule has 2 aromatic carbocycles. The normalized spacial score (nSPS) is 17.2. The molecule has 6 nitrogen and oxygen atoms in total. The molecule has 1 aliphatic rings. The zero-order chi connectivity index (χ0) is 19.7. The van der Waals surface area contributed by atoms with E-state index in [4.69, 9.17) is 5.26 Å². The first kappa shape index (κ1) is 18.6. The fourth-order valence-electron chi connectivity index (χ4n) is 3.33. The van der Waals surface area contributed by atoms with Gasteiger partial charge in [-0.05, 0) is 46.3 Å². The fourth-order valence-corrected chi connectivity index (χ4v) is 5.28. The van der Waals surface area contributed by atoms with Gasteiger partial charge in [-0.3, -0.25) is 4.79 Å². The standard InChI is InChI=1S/C20H17N3O3S2/c21-11-17-9-14(13-27-17)12-23-8-7-19(20(23)24)22-28(25,26)18-6-5-15-3-1-2-4-16(15)10-18/h1-6,9-10,13,19,22H,7-8,12H2/t19-/m0/s1. The molecule has 0 bridgehead atoms. The van der Waals surface area contributed by atoms with Gasteiger partial charge in [0.15, 0.2) is 0 Å². The molecule has 0 saturated carbocycles. The number of fused-ring (bicyclic) bond motifs is 1. The number of hydrogen-bond acceptors (Lipinski definition) is 5. The van der Waals surface area contributed by atoms with E-state index < -0.39 is 16.1 Å². The number of rotatable bonds is 5. The summed E-state index contributed by atoms with van der Waals surface area (Å²) in [5.74, 6) is -0.242. The highest BCUT2D eigenvalue weighted by molar-refractivity contribution is 7.89. The third kappa shape index (κ3) is 3.64. The molecule has 1 amide bonds. The number of carbonyl (C=O) groups excluding carboxylic acids is 1. The molecule has 1 atom stereocenters. The minimum absolute atomic E-state index is 0.147. The van der Waals surface area contributed by atoms with Gasteiger partial charge in [0.25, 0.3) is 0 Å².